The number of halogens is 2. The van der Waals surface area contributed by atoms with E-state index in [1.807, 2.05) is 0 Å². The second-order valence-corrected chi connectivity index (χ2v) is 8.07. The van der Waals surface area contributed by atoms with Gasteiger partial charge in [-0.15, -0.1) is 0 Å². The highest BCUT2D eigenvalue weighted by molar-refractivity contribution is 7.90. The Hall–Kier alpha value is -1.14. The van der Waals surface area contributed by atoms with Gasteiger partial charge in [0, 0.05) is 19.3 Å². The second kappa shape index (κ2) is 6.32. The van der Waals surface area contributed by atoms with E-state index in [4.69, 9.17) is 11.6 Å². The van der Waals surface area contributed by atoms with Crippen LogP contribution in [0, 0.1) is 11.7 Å². The number of benzene rings is 1. The first-order valence-electron chi connectivity index (χ1n) is 6.68. The van der Waals surface area contributed by atoms with Gasteiger partial charge in [-0.1, -0.05) is 11.6 Å². The number of hydrogen-bond donors (Lipinski definition) is 0. The van der Waals surface area contributed by atoms with Gasteiger partial charge in [-0.25, -0.2) is 12.8 Å². The zero-order valence-corrected chi connectivity index (χ0v) is 13.3. The number of likely N-dealkylation sites (tertiary alicyclic amines) is 1. The Morgan fingerprint density at radius 1 is 1.48 bits per heavy atom. The minimum absolute atomic E-state index is 0.0584. The molecule has 1 atom stereocenters. The summed E-state index contributed by atoms with van der Waals surface area (Å²) in [5.74, 6) is -0.756. The van der Waals surface area contributed by atoms with Crippen LogP contribution < -0.4 is 0 Å². The van der Waals surface area contributed by atoms with Gasteiger partial charge in [0.1, 0.15) is 15.7 Å². The quantitative estimate of drug-likeness (QED) is 0.853. The van der Waals surface area contributed by atoms with E-state index in [0.29, 0.717) is 13.1 Å². The van der Waals surface area contributed by atoms with Crippen LogP contribution in [0.3, 0.4) is 0 Å². The highest BCUT2D eigenvalue weighted by atomic mass is 35.5. The number of sulfone groups is 1. The molecule has 1 saturated heterocycles. The van der Waals surface area contributed by atoms with Gasteiger partial charge >= 0.3 is 0 Å². The van der Waals surface area contributed by atoms with Crippen LogP contribution in [0.15, 0.2) is 18.2 Å². The Bertz CT molecular complexity index is 648. The average Bonchev–Trinajstić information content (AvgIpc) is 2.36. The monoisotopic (exact) mass is 333 g/mol. The number of carbonyl (C=O) groups is 1. The zero-order valence-electron chi connectivity index (χ0n) is 11.7. The van der Waals surface area contributed by atoms with Gasteiger partial charge in [0.05, 0.1) is 16.3 Å². The minimum Gasteiger partial charge on any atom is -0.338 e. The van der Waals surface area contributed by atoms with Gasteiger partial charge in [-0.05, 0) is 37.0 Å². The van der Waals surface area contributed by atoms with Crippen LogP contribution in [0.25, 0.3) is 0 Å². The molecule has 1 unspecified atom stereocenters. The summed E-state index contributed by atoms with van der Waals surface area (Å²) in [6.45, 7) is 0.951. The summed E-state index contributed by atoms with van der Waals surface area (Å²) >= 11 is 5.90. The lowest BCUT2D eigenvalue weighted by molar-refractivity contribution is 0.0684. The predicted molar refractivity (Wildman–Crippen MR) is 79.7 cm³/mol. The van der Waals surface area contributed by atoms with E-state index >= 15 is 0 Å². The molecule has 1 aliphatic heterocycles. The standard InChI is InChI=1S/C14H17ClFNO3S/c1-21(19,20)9-10-3-2-6-17(8-10)14(18)12-5-4-11(16)7-13(12)15/h4-5,7,10H,2-3,6,8-9H2,1H3. The van der Waals surface area contributed by atoms with Gasteiger partial charge in [-0.3, -0.25) is 4.79 Å². The van der Waals surface area contributed by atoms with Crippen molar-refractivity contribution in [3.8, 4) is 0 Å². The zero-order chi connectivity index (χ0) is 15.6. The molecule has 4 nitrogen and oxygen atoms in total. The third kappa shape index (κ3) is 4.41. The fourth-order valence-electron chi connectivity index (χ4n) is 2.65. The van der Waals surface area contributed by atoms with Crippen molar-refractivity contribution in [1.82, 2.24) is 4.90 Å². The van der Waals surface area contributed by atoms with Gasteiger partial charge in [0.2, 0.25) is 0 Å². The molecule has 1 fully saturated rings. The van der Waals surface area contributed by atoms with E-state index in [1.165, 1.54) is 18.4 Å². The average molecular weight is 334 g/mol. The first-order chi connectivity index (χ1) is 9.76. The third-order valence-corrected chi connectivity index (χ3v) is 4.90. The van der Waals surface area contributed by atoms with E-state index in [0.717, 1.165) is 18.9 Å². The largest absolute Gasteiger partial charge is 0.338 e. The molecule has 2 rings (SSSR count). The Morgan fingerprint density at radius 3 is 2.81 bits per heavy atom. The summed E-state index contributed by atoms with van der Waals surface area (Å²) in [4.78, 5) is 14.0. The molecule has 0 bridgehead atoms. The van der Waals surface area contributed by atoms with Crippen LogP contribution in [-0.4, -0.2) is 44.3 Å². The summed E-state index contributed by atoms with van der Waals surface area (Å²) in [7, 11) is -3.06. The lowest BCUT2D eigenvalue weighted by Gasteiger charge is -2.32. The minimum atomic E-state index is -3.06. The highest BCUT2D eigenvalue weighted by Crippen LogP contribution is 2.23. The van der Waals surface area contributed by atoms with E-state index in [1.54, 1.807) is 4.90 Å². The summed E-state index contributed by atoms with van der Waals surface area (Å²) in [6.07, 6.45) is 2.74. The molecule has 1 aliphatic rings. The topological polar surface area (TPSA) is 54.5 Å². The van der Waals surface area contributed by atoms with Gasteiger partial charge < -0.3 is 4.90 Å². The lowest BCUT2D eigenvalue weighted by atomic mass is 9.99. The van der Waals surface area contributed by atoms with Crippen molar-refractivity contribution < 1.29 is 17.6 Å². The van der Waals surface area contributed by atoms with Crippen LogP contribution in [-0.2, 0) is 9.84 Å². The van der Waals surface area contributed by atoms with Crippen molar-refractivity contribution >= 4 is 27.3 Å². The van der Waals surface area contributed by atoms with E-state index in [2.05, 4.69) is 0 Å². The molecule has 0 N–H and O–H groups in total. The predicted octanol–water partition coefficient (Wildman–Crippen LogP) is 2.38. The fraction of sp³-hybridized carbons (Fsp3) is 0.500. The number of amides is 1. The Morgan fingerprint density at radius 2 is 2.19 bits per heavy atom. The maximum Gasteiger partial charge on any atom is 0.255 e. The molecule has 1 aromatic carbocycles. The maximum absolute atomic E-state index is 13.0. The van der Waals surface area contributed by atoms with Crippen molar-refractivity contribution in [3.05, 3.63) is 34.6 Å². The van der Waals surface area contributed by atoms with Crippen LogP contribution in [0.1, 0.15) is 23.2 Å². The summed E-state index contributed by atoms with van der Waals surface area (Å²) in [5, 5.41) is 0.0743. The van der Waals surface area contributed by atoms with Gasteiger partial charge in [0.15, 0.2) is 0 Å². The summed E-state index contributed by atoms with van der Waals surface area (Å²) < 4.78 is 35.8. The first-order valence-corrected chi connectivity index (χ1v) is 9.12. The summed E-state index contributed by atoms with van der Waals surface area (Å²) in [5.41, 5.74) is 0.248. The third-order valence-electron chi connectivity index (χ3n) is 3.51. The van der Waals surface area contributed by atoms with Crippen LogP contribution in [0.5, 0.6) is 0 Å². The van der Waals surface area contributed by atoms with Crippen LogP contribution in [0.4, 0.5) is 4.39 Å². The first kappa shape index (κ1) is 16.2. The van der Waals surface area contributed by atoms with Crippen molar-refractivity contribution in [2.75, 3.05) is 25.1 Å². The second-order valence-electron chi connectivity index (χ2n) is 5.48. The molecule has 0 radical (unpaired) electrons. The molecule has 0 saturated carbocycles. The molecular formula is C14H17ClFNO3S. The molecule has 1 heterocycles. The molecular weight excluding hydrogens is 317 g/mol. The van der Waals surface area contributed by atoms with Crippen molar-refractivity contribution in [3.63, 3.8) is 0 Å². The molecule has 0 aromatic heterocycles. The summed E-state index contributed by atoms with van der Waals surface area (Å²) in [6, 6.07) is 3.66. The van der Waals surface area contributed by atoms with Gasteiger partial charge in [-0.2, -0.15) is 0 Å². The molecule has 7 heteroatoms. The molecule has 0 spiro atoms. The molecule has 1 aromatic rings. The van der Waals surface area contributed by atoms with Gasteiger partial charge in [0.25, 0.3) is 5.91 Å². The molecule has 0 aliphatic carbocycles. The lowest BCUT2D eigenvalue weighted by Crippen LogP contribution is -2.41. The van der Waals surface area contributed by atoms with E-state index < -0.39 is 15.7 Å². The normalized spacial score (nSPS) is 19.6. The highest BCUT2D eigenvalue weighted by Gasteiger charge is 2.27. The molecule has 1 amide bonds. The van der Waals surface area contributed by atoms with Crippen molar-refractivity contribution in [2.45, 2.75) is 12.8 Å². The smallest absolute Gasteiger partial charge is 0.255 e. The Labute approximate surface area is 128 Å². The van der Waals surface area contributed by atoms with Crippen molar-refractivity contribution in [2.24, 2.45) is 5.92 Å². The number of rotatable bonds is 3. The number of nitrogens with zero attached hydrogens (tertiary/aromatic N) is 1. The Balaban J connectivity index is 2.12. The van der Waals surface area contributed by atoms with E-state index in [9.17, 15) is 17.6 Å². The number of hydrogen-bond acceptors (Lipinski definition) is 3. The van der Waals surface area contributed by atoms with E-state index in [-0.39, 0.29) is 28.2 Å². The molecule has 116 valence electrons. The SMILES string of the molecule is CS(=O)(=O)CC1CCCN(C(=O)c2ccc(F)cc2Cl)C1. The fourth-order valence-corrected chi connectivity index (χ4v) is 4.02. The number of carbonyl (C=O) groups excluding carboxylic acids is 1. The maximum atomic E-state index is 13.0. The van der Waals surface area contributed by atoms with Crippen LogP contribution in [0.2, 0.25) is 5.02 Å². The van der Waals surface area contributed by atoms with Crippen LogP contribution >= 0.6 is 11.6 Å². The Kier molecular flexibility index (Phi) is 4.88. The van der Waals surface area contributed by atoms with Crippen molar-refractivity contribution in [1.29, 1.82) is 0 Å². The molecule has 21 heavy (non-hydrogen) atoms. The number of piperidine rings is 1.